The lowest BCUT2D eigenvalue weighted by Gasteiger charge is -1.76. The standard InChI is InChI=1S/C4H4ClNOS.C4H5NOS.HNO3/c5-3-4-1-2-8(7)6-4;1-4-2-3-7(6)5-4;2-1(3)4/h1-2H,3H2;2-3H,1H3;(H,2,3,4). The van der Waals surface area contributed by atoms with Gasteiger partial charge in [0, 0.05) is 12.1 Å². The Morgan fingerprint density at radius 3 is 1.95 bits per heavy atom. The second kappa shape index (κ2) is 9.58. The summed E-state index contributed by atoms with van der Waals surface area (Å²) in [6.45, 7) is 1.82. The van der Waals surface area contributed by atoms with Crippen LogP contribution in [0.1, 0.15) is 11.4 Å². The second-order valence-electron chi connectivity index (χ2n) is 2.84. The largest absolute Gasteiger partial charge is 0.569 e. The molecule has 1 N–H and O–H groups in total. The summed E-state index contributed by atoms with van der Waals surface area (Å²) in [6, 6.07) is 3.42. The summed E-state index contributed by atoms with van der Waals surface area (Å²) in [5.41, 5.74) is 1.54. The molecule has 0 radical (unpaired) electrons. The highest BCUT2D eigenvalue weighted by atomic mass is 35.5. The summed E-state index contributed by atoms with van der Waals surface area (Å²) in [5.74, 6) is 0.349. The van der Waals surface area contributed by atoms with E-state index in [1.165, 1.54) is 5.38 Å². The Morgan fingerprint density at radius 1 is 1.32 bits per heavy atom. The summed E-state index contributed by atoms with van der Waals surface area (Å²) in [7, 11) is -2.18. The number of aryl methyl sites for hydroxylation is 1. The van der Waals surface area contributed by atoms with Crippen LogP contribution >= 0.6 is 33.5 Å². The summed E-state index contributed by atoms with van der Waals surface area (Å²) >= 11 is 5.36. The topological polar surface area (TPSA) is 135 Å². The van der Waals surface area contributed by atoms with Crippen molar-refractivity contribution in [3.8, 4) is 0 Å². The van der Waals surface area contributed by atoms with Crippen molar-refractivity contribution in [3.05, 3.63) is 44.4 Å². The number of hydrogen-bond donors (Lipinski definition) is 1. The van der Waals surface area contributed by atoms with E-state index in [4.69, 9.17) is 26.9 Å². The van der Waals surface area contributed by atoms with E-state index in [9.17, 15) is 9.11 Å². The van der Waals surface area contributed by atoms with E-state index in [1.807, 2.05) is 6.92 Å². The SMILES string of the molecule is Cc1cc[s+]([O-])n1.O=[N+]([O-])O.[O-][s+]1ccc(CCl)n1. The molecule has 0 aliphatic carbocycles. The van der Waals surface area contributed by atoms with Gasteiger partial charge in [-0.25, -0.2) is 0 Å². The normalized spacial score (nSPS) is 10.7. The zero-order valence-electron chi connectivity index (χ0n) is 9.63. The third-order valence-electron chi connectivity index (χ3n) is 1.38. The van der Waals surface area contributed by atoms with Crippen molar-refractivity contribution in [2.75, 3.05) is 0 Å². The maximum Gasteiger partial charge on any atom is 0.291 e. The van der Waals surface area contributed by atoms with Gasteiger partial charge in [-0.2, -0.15) is 0 Å². The van der Waals surface area contributed by atoms with E-state index in [2.05, 4.69) is 8.75 Å². The molecule has 2 aromatic rings. The zero-order valence-corrected chi connectivity index (χ0v) is 12.0. The fourth-order valence-electron chi connectivity index (χ4n) is 0.742. The fraction of sp³-hybridized carbons (Fsp3) is 0.250. The van der Waals surface area contributed by atoms with Crippen LogP contribution in [0.3, 0.4) is 0 Å². The van der Waals surface area contributed by atoms with Crippen molar-refractivity contribution in [1.82, 2.24) is 8.75 Å². The number of aromatic nitrogens is 2. The van der Waals surface area contributed by atoms with Crippen LogP contribution < -0.4 is 0 Å². The molecule has 0 bridgehead atoms. The molecule has 19 heavy (non-hydrogen) atoms. The van der Waals surface area contributed by atoms with Crippen LogP contribution in [-0.4, -0.2) is 28.1 Å². The number of alkyl halides is 1. The van der Waals surface area contributed by atoms with E-state index < -0.39 is 27.0 Å². The van der Waals surface area contributed by atoms with Gasteiger partial charge in [0.2, 0.25) is 0 Å². The smallest absolute Gasteiger partial charge is 0.291 e. The number of halogens is 1. The third kappa shape index (κ3) is 10.3. The average Bonchev–Trinajstić information content (AvgIpc) is 2.87. The van der Waals surface area contributed by atoms with Crippen LogP contribution in [0, 0.1) is 17.0 Å². The molecule has 2 unspecified atom stereocenters. The molecule has 0 spiro atoms. The van der Waals surface area contributed by atoms with E-state index >= 15 is 0 Å². The quantitative estimate of drug-likeness (QED) is 0.367. The molecule has 2 aromatic heterocycles. The minimum absolute atomic E-state index is 0.349. The molecule has 2 heterocycles. The average molecular weight is 328 g/mol. The molecule has 2 rings (SSSR count). The van der Waals surface area contributed by atoms with Gasteiger partial charge in [0.1, 0.15) is 5.69 Å². The highest BCUT2D eigenvalue weighted by Crippen LogP contribution is 2.10. The molecular weight excluding hydrogens is 318 g/mol. The Labute approximate surface area is 119 Å². The molecule has 0 aromatic carbocycles. The van der Waals surface area contributed by atoms with Crippen LogP contribution in [-0.2, 0) is 5.88 Å². The van der Waals surface area contributed by atoms with Gasteiger partial charge in [-0.15, -0.1) is 21.7 Å². The molecule has 0 aliphatic heterocycles. The Morgan fingerprint density at radius 2 is 1.79 bits per heavy atom. The first-order valence-electron chi connectivity index (χ1n) is 4.55. The molecule has 0 amide bonds. The number of hydrogen-bond acceptors (Lipinski definition) is 6. The third-order valence-corrected chi connectivity index (χ3v) is 3.27. The first-order chi connectivity index (χ1) is 8.85. The number of rotatable bonds is 1. The van der Waals surface area contributed by atoms with Gasteiger partial charge in [-0.1, -0.05) is 0 Å². The van der Waals surface area contributed by atoms with E-state index in [0.717, 1.165) is 5.69 Å². The second-order valence-corrected chi connectivity index (χ2v) is 5.13. The van der Waals surface area contributed by atoms with Gasteiger partial charge in [0.05, 0.1) is 33.5 Å². The van der Waals surface area contributed by atoms with Crippen LogP contribution in [0.25, 0.3) is 0 Å². The Kier molecular flexibility index (Phi) is 8.91. The molecular formula is C8H10ClN3O5S2. The summed E-state index contributed by atoms with van der Waals surface area (Å²) in [5, 5.41) is 16.7. The fourth-order valence-corrected chi connectivity index (χ4v) is 2.37. The van der Waals surface area contributed by atoms with Gasteiger partial charge in [-0.3, -0.25) is 0 Å². The van der Waals surface area contributed by atoms with E-state index in [0.29, 0.717) is 11.6 Å². The minimum Gasteiger partial charge on any atom is -0.569 e. The van der Waals surface area contributed by atoms with Crippen LogP contribution in [0.2, 0.25) is 0 Å². The molecule has 8 nitrogen and oxygen atoms in total. The van der Waals surface area contributed by atoms with Gasteiger partial charge in [0.15, 0.2) is 10.8 Å². The predicted octanol–water partition coefficient (Wildman–Crippen LogP) is 2.32. The molecule has 2 atom stereocenters. The highest BCUT2D eigenvalue weighted by Gasteiger charge is 1.97. The summed E-state index contributed by atoms with van der Waals surface area (Å²) in [6.07, 6.45) is 0. The van der Waals surface area contributed by atoms with Crippen molar-refractivity contribution in [1.29, 1.82) is 0 Å². The lowest BCUT2D eigenvalue weighted by Crippen LogP contribution is -1.81. The highest BCUT2D eigenvalue weighted by molar-refractivity contribution is 7.18. The first kappa shape index (κ1) is 17.7. The van der Waals surface area contributed by atoms with Crippen molar-refractivity contribution < 1.29 is 19.4 Å². The Bertz CT molecular complexity index is 484. The van der Waals surface area contributed by atoms with Crippen LogP contribution in [0.15, 0.2) is 22.9 Å². The van der Waals surface area contributed by atoms with Crippen molar-refractivity contribution in [3.63, 3.8) is 0 Å². The van der Waals surface area contributed by atoms with Crippen LogP contribution in [0.5, 0.6) is 0 Å². The molecule has 0 aliphatic rings. The van der Waals surface area contributed by atoms with E-state index in [-0.39, 0.29) is 0 Å². The molecule has 0 fully saturated rings. The summed E-state index contributed by atoms with van der Waals surface area (Å²) < 4.78 is 28.0. The predicted molar refractivity (Wildman–Crippen MR) is 68.9 cm³/mol. The van der Waals surface area contributed by atoms with Gasteiger partial charge in [-0.05, 0) is 15.7 Å². The molecule has 0 saturated heterocycles. The van der Waals surface area contributed by atoms with E-state index in [1.54, 1.807) is 17.5 Å². The van der Waals surface area contributed by atoms with Crippen molar-refractivity contribution >= 4 is 33.5 Å². The van der Waals surface area contributed by atoms with Crippen molar-refractivity contribution in [2.45, 2.75) is 12.8 Å². The first-order valence-corrected chi connectivity index (χ1v) is 7.42. The monoisotopic (exact) mass is 327 g/mol. The van der Waals surface area contributed by atoms with Gasteiger partial charge >= 0.3 is 0 Å². The molecule has 0 saturated carbocycles. The molecule has 106 valence electrons. The zero-order chi connectivity index (χ0) is 14.8. The van der Waals surface area contributed by atoms with Crippen molar-refractivity contribution in [2.24, 2.45) is 0 Å². The maximum absolute atomic E-state index is 10.4. The number of nitrogens with zero attached hydrogens (tertiary/aromatic N) is 3. The molecule has 11 heteroatoms. The Hall–Kier alpha value is -1.33. The minimum atomic E-state index is -1.50. The Balaban J connectivity index is 0.000000272. The summed E-state index contributed by atoms with van der Waals surface area (Å²) in [4.78, 5) is 8.36. The van der Waals surface area contributed by atoms with Gasteiger partial charge in [0.25, 0.3) is 5.09 Å². The lowest BCUT2D eigenvalue weighted by atomic mass is 10.5. The maximum atomic E-state index is 10.4. The van der Waals surface area contributed by atoms with Crippen LogP contribution in [0.4, 0.5) is 0 Å². The lowest BCUT2D eigenvalue weighted by molar-refractivity contribution is -0.742. The van der Waals surface area contributed by atoms with Gasteiger partial charge < -0.3 is 14.3 Å².